The van der Waals surface area contributed by atoms with E-state index < -0.39 is 0 Å². The fourth-order valence-electron chi connectivity index (χ4n) is 2.35. The van der Waals surface area contributed by atoms with Crippen LogP contribution in [0.3, 0.4) is 0 Å². The molecule has 0 bridgehead atoms. The zero-order valence-electron chi connectivity index (χ0n) is 9.05. The van der Waals surface area contributed by atoms with Crippen LogP contribution in [0.4, 0.5) is 0 Å². The highest BCUT2D eigenvalue weighted by atomic mass is 32.1. The average molecular weight is 209 g/mol. The van der Waals surface area contributed by atoms with Crippen molar-refractivity contribution in [3.8, 4) is 0 Å². The van der Waals surface area contributed by atoms with Gasteiger partial charge in [0.15, 0.2) is 0 Å². The van der Waals surface area contributed by atoms with E-state index in [2.05, 4.69) is 30.6 Å². The summed E-state index contributed by atoms with van der Waals surface area (Å²) in [4.78, 5) is 1.51. The Labute approximate surface area is 90.5 Å². The van der Waals surface area contributed by atoms with E-state index in [0.29, 0.717) is 6.04 Å². The van der Waals surface area contributed by atoms with Crippen LogP contribution >= 0.6 is 11.3 Å². The summed E-state index contributed by atoms with van der Waals surface area (Å²) in [6.45, 7) is 4.50. The highest BCUT2D eigenvalue weighted by molar-refractivity contribution is 7.10. The molecule has 1 N–H and O–H groups in total. The Hall–Kier alpha value is -0.340. The zero-order valence-corrected chi connectivity index (χ0v) is 9.86. The van der Waals surface area contributed by atoms with Gasteiger partial charge in [-0.25, -0.2) is 0 Å². The molecule has 1 aliphatic rings. The minimum atomic E-state index is 0.540. The van der Waals surface area contributed by atoms with E-state index in [4.69, 9.17) is 0 Å². The molecule has 1 aromatic heterocycles. The first-order valence-corrected chi connectivity index (χ1v) is 6.45. The van der Waals surface area contributed by atoms with Crippen molar-refractivity contribution in [3.63, 3.8) is 0 Å². The van der Waals surface area contributed by atoms with E-state index in [-0.39, 0.29) is 0 Å². The third-order valence-corrected chi connectivity index (χ3v) is 4.34. The minimum Gasteiger partial charge on any atom is -0.307 e. The Balaban J connectivity index is 1.95. The number of thiophene rings is 1. The highest BCUT2D eigenvalue weighted by Gasteiger charge is 2.18. The summed E-state index contributed by atoms with van der Waals surface area (Å²) in [6, 6.07) is 3.52. The third-order valence-electron chi connectivity index (χ3n) is 3.14. The van der Waals surface area contributed by atoms with E-state index in [1.807, 2.05) is 11.3 Å². The van der Waals surface area contributed by atoms with Gasteiger partial charge < -0.3 is 5.32 Å². The van der Waals surface area contributed by atoms with Gasteiger partial charge in [-0.15, -0.1) is 11.3 Å². The van der Waals surface area contributed by atoms with Crippen molar-refractivity contribution in [2.75, 3.05) is 0 Å². The predicted molar refractivity (Wildman–Crippen MR) is 62.9 cm³/mol. The van der Waals surface area contributed by atoms with Crippen LogP contribution in [-0.4, -0.2) is 6.04 Å². The van der Waals surface area contributed by atoms with Crippen LogP contribution < -0.4 is 5.32 Å². The van der Waals surface area contributed by atoms with Crippen LogP contribution in [0.25, 0.3) is 0 Å². The van der Waals surface area contributed by atoms with Crippen molar-refractivity contribution in [2.45, 2.75) is 51.6 Å². The average Bonchev–Trinajstić information content (AvgIpc) is 2.75. The zero-order chi connectivity index (χ0) is 9.97. The minimum absolute atomic E-state index is 0.540. The summed E-state index contributed by atoms with van der Waals surface area (Å²) in [7, 11) is 0. The first kappa shape index (κ1) is 10.2. The Morgan fingerprint density at radius 1 is 1.43 bits per heavy atom. The molecule has 14 heavy (non-hydrogen) atoms. The van der Waals surface area contributed by atoms with Gasteiger partial charge in [-0.05, 0) is 43.7 Å². The second-order valence-electron chi connectivity index (χ2n) is 4.34. The van der Waals surface area contributed by atoms with Gasteiger partial charge in [0.05, 0.1) is 0 Å². The van der Waals surface area contributed by atoms with Crippen molar-refractivity contribution >= 4 is 11.3 Å². The topological polar surface area (TPSA) is 12.0 Å². The second-order valence-corrected chi connectivity index (χ2v) is 5.29. The molecule has 2 rings (SSSR count). The molecule has 1 aliphatic carbocycles. The van der Waals surface area contributed by atoms with E-state index in [0.717, 1.165) is 6.04 Å². The summed E-state index contributed by atoms with van der Waals surface area (Å²) in [5.41, 5.74) is 1.44. The SMILES string of the molecule is Cc1ccsc1[C@@H](C)NC1CCCC1. The van der Waals surface area contributed by atoms with E-state index in [9.17, 15) is 0 Å². The van der Waals surface area contributed by atoms with Gasteiger partial charge in [0.1, 0.15) is 0 Å². The van der Waals surface area contributed by atoms with Crippen LogP contribution in [0.5, 0.6) is 0 Å². The van der Waals surface area contributed by atoms with Crippen LogP contribution in [0.1, 0.15) is 49.1 Å². The number of aryl methyl sites for hydroxylation is 1. The van der Waals surface area contributed by atoms with Crippen LogP contribution in [-0.2, 0) is 0 Å². The predicted octanol–water partition coefficient (Wildman–Crippen LogP) is 3.65. The monoisotopic (exact) mass is 209 g/mol. The largest absolute Gasteiger partial charge is 0.307 e. The van der Waals surface area contributed by atoms with Crippen LogP contribution in [0.2, 0.25) is 0 Å². The number of hydrogen-bond acceptors (Lipinski definition) is 2. The molecule has 1 aromatic rings. The van der Waals surface area contributed by atoms with Gasteiger partial charge in [0.25, 0.3) is 0 Å². The Morgan fingerprint density at radius 3 is 2.71 bits per heavy atom. The molecule has 0 saturated heterocycles. The number of rotatable bonds is 3. The smallest absolute Gasteiger partial charge is 0.0390 e. The molecular weight excluding hydrogens is 190 g/mol. The van der Waals surface area contributed by atoms with Crippen LogP contribution in [0.15, 0.2) is 11.4 Å². The van der Waals surface area contributed by atoms with Crippen molar-refractivity contribution < 1.29 is 0 Å². The molecule has 1 fully saturated rings. The van der Waals surface area contributed by atoms with Gasteiger partial charge in [-0.3, -0.25) is 0 Å². The highest BCUT2D eigenvalue weighted by Crippen LogP contribution is 2.26. The molecule has 1 saturated carbocycles. The van der Waals surface area contributed by atoms with Gasteiger partial charge in [0, 0.05) is 17.0 Å². The van der Waals surface area contributed by atoms with Crippen molar-refractivity contribution in [3.05, 3.63) is 21.9 Å². The molecule has 0 unspecified atom stereocenters. The summed E-state index contributed by atoms with van der Waals surface area (Å²) in [6.07, 6.45) is 5.56. The Kier molecular flexibility index (Phi) is 3.24. The number of nitrogens with one attached hydrogen (secondary N) is 1. The quantitative estimate of drug-likeness (QED) is 0.801. The fourth-order valence-corrected chi connectivity index (χ4v) is 3.29. The summed E-state index contributed by atoms with van der Waals surface area (Å²) < 4.78 is 0. The summed E-state index contributed by atoms with van der Waals surface area (Å²) in [5.74, 6) is 0. The first-order valence-electron chi connectivity index (χ1n) is 5.57. The Morgan fingerprint density at radius 2 is 2.14 bits per heavy atom. The number of hydrogen-bond donors (Lipinski definition) is 1. The molecule has 1 atom stereocenters. The normalized spacial score (nSPS) is 20.1. The van der Waals surface area contributed by atoms with Gasteiger partial charge in [0.2, 0.25) is 0 Å². The van der Waals surface area contributed by atoms with Gasteiger partial charge in [-0.2, -0.15) is 0 Å². The molecule has 1 heterocycles. The lowest BCUT2D eigenvalue weighted by Gasteiger charge is -2.18. The molecule has 0 spiro atoms. The molecule has 2 heteroatoms. The summed E-state index contributed by atoms with van der Waals surface area (Å²) in [5, 5.41) is 5.92. The maximum Gasteiger partial charge on any atom is 0.0390 e. The van der Waals surface area contributed by atoms with Gasteiger partial charge in [-0.1, -0.05) is 12.8 Å². The molecule has 0 aliphatic heterocycles. The molecule has 1 nitrogen and oxygen atoms in total. The third kappa shape index (κ3) is 2.18. The molecule has 0 amide bonds. The molecule has 78 valence electrons. The van der Waals surface area contributed by atoms with E-state index in [1.54, 1.807) is 0 Å². The maximum absolute atomic E-state index is 3.73. The van der Waals surface area contributed by atoms with E-state index in [1.165, 1.54) is 36.1 Å². The van der Waals surface area contributed by atoms with E-state index >= 15 is 0 Å². The maximum atomic E-state index is 3.73. The lowest BCUT2D eigenvalue weighted by Crippen LogP contribution is -2.28. The Bertz CT molecular complexity index is 286. The van der Waals surface area contributed by atoms with Crippen molar-refractivity contribution in [1.82, 2.24) is 5.32 Å². The lowest BCUT2D eigenvalue weighted by atomic mass is 10.1. The van der Waals surface area contributed by atoms with Gasteiger partial charge >= 0.3 is 0 Å². The summed E-state index contributed by atoms with van der Waals surface area (Å²) >= 11 is 1.88. The second kappa shape index (κ2) is 4.45. The molecule has 0 aromatic carbocycles. The molecular formula is C12H19NS. The standard InChI is InChI=1S/C12H19NS/c1-9-7-8-14-12(9)10(2)13-11-5-3-4-6-11/h7-8,10-11,13H,3-6H2,1-2H3/t10-/m1/s1. The van der Waals surface area contributed by atoms with Crippen LogP contribution in [0, 0.1) is 6.92 Å². The first-order chi connectivity index (χ1) is 6.77. The fraction of sp³-hybridized carbons (Fsp3) is 0.667. The van der Waals surface area contributed by atoms with Crippen molar-refractivity contribution in [1.29, 1.82) is 0 Å². The lowest BCUT2D eigenvalue weighted by molar-refractivity contribution is 0.465. The molecule has 0 radical (unpaired) electrons. The van der Waals surface area contributed by atoms with Crippen molar-refractivity contribution in [2.24, 2.45) is 0 Å².